The van der Waals surface area contributed by atoms with Crippen LogP contribution in [0.3, 0.4) is 0 Å². The van der Waals surface area contributed by atoms with Crippen LogP contribution in [0.5, 0.6) is 0 Å². The van der Waals surface area contributed by atoms with E-state index in [4.69, 9.17) is 5.11 Å². The summed E-state index contributed by atoms with van der Waals surface area (Å²) in [7, 11) is 0. The van der Waals surface area contributed by atoms with E-state index in [2.05, 4.69) is 0 Å². The number of carbonyl (C=O) groups is 2. The summed E-state index contributed by atoms with van der Waals surface area (Å²) in [5.74, 6) is -0.957. The van der Waals surface area contributed by atoms with Gasteiger partial charge in [-0.05, 0) is 12.1 Å². The molecular weight excluding hydrogens is 213 g/mol. The molecule has 0 saturated carbocycles. The van der Waals surface area contributed by atoms with E-state index in [0.717, 1.165) is 4.90 Å². The molecule has 0 saturated heterocycles. The smallest absolute Gasteiger partial charge is 0.261 e. The molecule has 0 radical (unpaired) electrons. The van der Waals surface area contributed by atoms with E-state index >= 15 is 0 Å². The Labute approximate surface area is 91.3 Å². The SMILES string of the molecule is O=C1c2ccccc2C(=O)N1CC(O)CF. The molecule has 1 aliphatic heterocycles. The first-order valence-corrected chi connectivity index (χ1v) is 4.84. The number of hydrogen-bond acceptors (Lipinski definition) is 3. The van der Waals surface area contributed by atoms with Crippen LogP contribution in [0.2, 0.25) is 0 Å². The molecule has 0 bridgehead atoms. The topological polar surface area (TPSA) is 57.6 Å². The third-order valence-corrected chi connectivity index (χ3v) is 2.45. The van der Waals surface area contributed by atoms with Gasteiger partial charge < -0.3 is 5.11 Å². The average molecular weight is 223 g/mol. The first kappa shape index (κ1) is 10.8. The molecule has 0 aromatic heterocycles. The summed E-state index contributed by atoms with van der Waals surface area (Å²) in [6.45, 7) is -1.28. The van der Waals surface area contributed by atoms with Crippen LogP contribution in [-0.2, 0) is 0 Å². The molecule has 0 aliphatic carbocycles. The molecule has 2 amide bonds. The Morgan fingerprint density at radius 2 is 1.69 bits per heavy atom. The van der Waals surface area contributed by atoms with E-state index in [0.29, 0.717) is 11.1 Å². The Bertz CT molecular complexity index is 412. The molecule has 4 nitrogen and oxygen atoms in total. The predicted octanol–water partition coefficient (Wildman–Crippen LogP) is 0.613. The van der Waals surface area contributed by atoms with Crippen LogP contribution in [0, 0.1) is 0 Å². The van der Waals surface area contributed by atoms with Crippen molar-refractivity contribution in [2.24, 2.45) is 0 Å². The highest BCUT2D eigenvalue weighted by atomic mass is 19.1. The molecule has 2 rings (SSSR count). The van der Waals surface area contributed by atoms with Crippen LogP contribution < -0.4 is 0 Å². The normalized spacial score (nSPS) is 16.5. The number of fused-ring (bicyclic) bond motifs is 1. The van der Waals surface area contributed by atoms with E-state index < -0.39 is 24.6 Å². The number of β-amino-alcohol motifs (C(OH)–C–C–N with tert-alkyl or cyclic N) is 1. The number of benzene rings is 1. The molecule has 5 heteroatoms. The van der Waals surface area contributed by atoms with Gasteiger partial charge in [0.2, 0.25) is 0 Å². The zero-order valence-corrected chi connectivity index (χ0v) is 8.39. The molecule has 1 aromatic carbocycles. The second-order valence-electron chi connectivity index (χ2n) is 3.57. The van der Waals surface area contributed by atoms with Crippen molar-refractivity contribution in [1.29, 1.82) is 0 Å². The van der Waals surface area contributed by atoms with Gasteiger partial charge in [-0.3, -0.25) is 14.5 Å². The molecule has 1 unspecified atom stereocenters. The lowest BCUT2D eigenvalue weighted by Gasteiger charge is -2.15. The van der Waals surface area contributed by atoms with Crippen LogP contribution in [-0.4, -0.2) is 41.1 Å². The molecule has 1 atom stereocenters. The Kier molecular flexibility index (Phi) is 2.70. The fourth-order valence-corrected chi connectivity index (χ4v) is 1.66. The van der Waals surface area contributed by atoms with Gasteiger partial charge >= 0.3 is 0 Å². The predicted molar refractivity (Wildman–Crippen MR) is 53.8 cm³/mol. The van der Waals surface area contributed by atoms with Crippen molar-refractivity contribution in [1.82, 2.24) is 4.90 Å². The second-order valence-corrected chi connectivity index (χ2v) is 3.57. The number of amides is 2. The monoisotopic (exact) mass is 223 g/mol. The highest BCUT2D eigenvalue weighted by Crippen LogP contribution is 2.22. The minimum atomic E-state index is -1.32. The number of halogens is 1. The van der Waals surface area contributed by atoms with Gasteiger partial charge in [0.05, 0.1) is 17.7 Å². The van der Waals surface area contributed by atoms with E-state index in [1.54, 1.807) is 12.1 Å². The first-order valence-electron chi connectivity index (χ1n) is 4.84. The van der Waals surface area contributed by atoms with Crippen molar-refractivity contribution in [2.45, 2.75) is 6.10 Å². The molecule has 1 aliphatic rings. The maximum atomic E-state index is 12.1. The standard InChI is InChI=1S/C11H10FNO3/c12-5-7(14)6-13-10(15)8-3-1-2-4-9(8)11(13)16/h1-4,7,14H,5-6H2. The lowest BCUT2D eigenvalue weighted by molar-refractivity contribution is 0.0509. The largest absolute Gasteiger partial charge is 0.389 e. The number of nitrogens with zero attached hydrogens (tertiary/aromatic N) is 1. The zero-order valence-electron chi connectivity index (χ0n) is 8.39. The van der Waals surface area contributed by atoms with Gasteiger partial charge in [0.1, 0.15) is 12.8 Å². The van der Waals surface area contributed by atoms with E-state index in [1.165, 1.54) is 12.1 Å². The van der Waals surface area contributed by atoms with Crippen LogP contribution >= 0.6 is 0 Å². The van der Waals surface area contributed by atoms with Gasteiger partial charge in [-0.25, -0.2) is 4.39 Å². The van der Waals surface area contributed by atoms with Gasteiger partial charge in [0.15, 0.2) is 0 Å². The van der Waals surface area contributed by atoms with E-state index in [9.17, 15) is 14.0 Å². The Morgan fingerprint density at radius 1 is 1.19 bits per heavy atom. The summed E-state index contributed by atoms with van der Waals surface area (Å²) in [5, 5.41) is 9.11. The molecule has 0 spiro atoms. The molecule has 1 heterocycles. The van der Waals surface area contributed by atoms with Gasteiger partial charge in [-0.1, -0.05) is 12.1 Å². The number of aliphatic hydroxyl groups is 1. The number of rotatable bonds is 3. The number of alkyl halides is 1. The van der Waals surface area contributed by atoms with Crippen molar-refractivity contribution in [3.05, 3.63) is 35.4 Å². The maximum Gasteiger partial charge on any atom is 0.261 e. The zero-order chi connectivity index (χ0) is 11.7. The van der Waals surface area contributed by atoms with E-state index in [1.807, 2.05) is 0 Å². The Hall–Kier alpha value is -1.75. The van der Waals surface area contributed by atoms with Crippen molar-refractivity contribution in [3.8, 4) is 0 Å². The molecule has 84 valence electrons. The number of imide groups is 1. The van der Waals surface area contributed by atoms with Crippen LogP contribution in [0.25, 0.3) is 0 Å². The third kappa shape index (κ3) is 1.59. The molecular formula is C11H10FNO3. The highest BCUT2D eigenvalue weighted by molar-refractivity contribution is 6.21. The van der Waals surface area contributed by atoms with E-state index in [-0.39, 0.29) is 6.54 Å². The van der Waals surface area contributed by atoms with Crippen molar-refractivity contribution < 1.29 is 19.1 Å². The molecule has 16 heavy (non-hydrogen) atoms. The lowest BCUT2D eigenvalue weighted by Crippen LogP contribution is -2.37. The third-order valence-electron chi connectivity index (χ3n) is 2.45. The first-order chi connectivity index (χ1) is 7.65. The summed E-state index contributed by atoms with van der Waals surface area (Å²) >= 11 is 0. The Balaban J connectivity index is 2.28. The van der Waals surface area contributed by atoms with Crippen LogP contribution in [0.4, 0.5) is 4.39 Å². The van der Waals surface area contributed by atoms with Gasteiger partial charge in [0.25, 0.3) is 11.8 Å². The summed E-state index contributed by atoms with van der Waals surface area (Å²) in [5.41, 5.74) is 0.608. The molecule has 0 fully saturated rings. The van der Waals surface area contributed by atoms with Crippen molar-refractivity contribution >= 4 is 11.8 Å². The second kappa shape index (κ2) is 4.02. The molecule has 1 aromatic rings. The van der Waals surface area contributed by atoms with Crippen molar-refractivity contribution in [3.63, 3.8) is 0 Å². The minimum absolute atomic E-state index is 0.303. The number of aliphatic hydroxyl groups excluding tert-OH is 1. The number of hydrogen-bond donors (Lipinski definition) is 1. The number of carbonyl (C=O) groups excluding carboxylic acids is 2. The summed E-state index contributed by atoms with van der Waals surface area (Å²) < 4.78 is 12.1. The Morgan fingerprint density at radius 3 is 2.12 bits per heavy atom. The summed E-state index contributed by atoms with van der Waals surface area (Å²) in [6.07, 6.45) is -1.32. The summed E-state index contributed by atoms with van der Waals surface area (Å²) in [4.78, 5) is 24.3. The summed E-state index contributed by atoms with van der Waals surface area (Å²) in [6, 6.07) is 6.38. The maximum absolute atomic E-state index is 12.1. The fraction of sp³-hybridized carbons (Fsp3) is 0.273. The molecule has 1 N–H and O–H groups in total. The van der Waals surface area contributed by atoms with Crippen LogP contribution in [0.1, 0.15) is 20.7 Å². The van der Waals surface area contributed by atoms with Crippen LogP contribution in [0.15, 0.2) is 24.3 Å². The average Bonchev–Trinajstić information content (AvgIpc) is 2.55. The lowest BCUT2D eigenvalue weighted by atomic mass is 10.1. The highest BCUT2D eigenvalue weighted by Gasteiger charge is 2.35. The minimum Gasteiger partial charge on any atom is -0.389 e. The van der Waals surface area contributed by atoms with Crippen molar-refractivity contribution in [2.75, 3.05) is 13.2 Å². The van der Waals surface area contributed by atoms with Gasteiger partial charge in [-0.15, -0.1) is 0 Å². The van der Waals surface area contributed by atoms with Gasteiger partial charge in [-0.2, -0.15) is 0 Å². The van der Waals surface area contributed by atoms with Gasteiger partial charge in [0, 0.05) is 0 Å². The fourth-order valence-electron chi connectivity index (χ4n) is 1.66. The quantitative estimate of drug-likeness (QED) is 0.764.